The Balaban J connectivity index is 1.98. The molecule has 1 aliphatic carbocycles. The van der Waals surface area contributed by atoms with Crippen LogP contribution in [0.1, 0.15) is 37.4 Å². The molecule has 1 atom stereocenters. The smallest absolute Gasteiger partial charge is 0.108 e. The van der Waals surface area contributed by atoms with Crippen LogP contribution in [0.5, 0.6) is 0 Å². The Kier molecular flexibility index (Phi) is 2.80. The van der Waals surface area contributed by atoms with E-state index in [2.05, 4.69) is 4.98 Å². The molecule has 94 valence electrons. The molecule has 1 aromatic heterocycles. The van der Waals surface area contributed by atoms with Crippen molar-refractivity contribution in [2.75, 3.05) is 0 Å². The molecule has 1 aliphatic rings. The Hall–Kier alpha value is -1.45. The van der Waals surface area contributed by atoms with Gasteiger partial charge in [-0.1, -0.05) is 25.0 Å². The number of hydrogen-bond acceptors (Lipinski definition) is 3. The average molecular weight is 243 g/mol. The first-order valence-electron chi connectivity index (χ1n) is 6.44. The molecule has 0 amide bonds. The third kappa shape index (κ3) is 1.89. The largest absolute Gasteiger partial charge is 0.387 e. The van der Waals surface area contributed by atoms with E-state index < -0.39 is 11.7 Å². The Labute approximate surface area is 106 Å². The molecule has 2 N–H and O–H groups in total. The number of hydrogen-bond donors (Lipinski definition) is 2. The number of rotatable bonds is 2. The second-order valence-corrected chi connectivity index (χ2v) is 5.17. The highest BCUT2D eigenvalue weighted by atomic mass is 16.3. The van der Waals surface area contributed by atoms with Crippen LogP contribution in [-0.2, 0) is 0 Å². The van der Waals surface area contributed by atoms with Crippen LogP contribution in [0.4, 0.5) is 0 Å². The molecule has 18 heavy (non-hydrogen) atoms. The molecule has 3 nitrogen and oxygen atoms in total. The summed E-state index contributed by atoms with van der Waals surface area (Å²) in [5.74, 6) is 0. The van der Waals surface area contributed by atoms with Crippen LogP contribution < -0.4 is 0 Å². The fourth-order valence-corrected chi connectivity index (χ4v) is 2.84. The number of aromatic nitrogens is 1. The van der Waals surface area contributed by atoms with E-state index >= 15 is 0 Å². The molecular formula is C15H17NO2. The van der Waals surface area contributed by atoms with Crippen molar-refractivity contribution in [3.8, 4) is 0 Å². The van der Waals surface area contributed by atoms with E-state index in [0.717, 1.165) is 29.3 Å². The molecule has 0 aliphatic heterocycles. The van der Waals surface area contributed by atoms with Gasteiger partial charge in [0.2, 0.25) is 0 Å². The highest BCUT2D eigenvalue weighted by Crippen LogP contribution is 2.40. The Morgan fingerprint density at radius 2 is 1.94 bits per heavy atom. The van der Waals surface area contributed by atoms with Crippen molar-refractivity contribution in [1.82, 2.24) is 4.98 Å². The summed E-state index contributed by atoms with van der Waals surface area (Å²) in [6, 6.07) is 9.52. The summed E-state index contributed by atoms with van der Waals surface area (Å²) in [5, 5.41) is 21.8. The topological polar surface area (TPSA) is 53.4 Å². The number of benzene rings is 1. The van der Waals surface area contributed by atoms with Gasteiger partial charge in [0.05, 0.1) is 11.1 Å². The van der Waals surface area contributed by atoms with Gasteiger partial charge < -0.3 is 10.2 Å². The van der Waals surface area contributed by atoms with Crippen molar-refractivity contribution < 1.29 is 10.2 Å². The van der Waals surface area contributed by atoms with E-state index in [4.69, 9.17) is 0 Å². The van der Waals surface area contributed by atoms with Crippen LogP contribution in [0.15, 0.2) is 36.5 Å². The van der Waals surface area contributed by atoms with Crippen LogP contribution in [0.25, 0.3) is 10.9 Å². The maximum absolute atomic E-state index is 10.4. The molecule has 3 rings (SSSR count). The lowest BCUT2D eigenvalue weighted by molar-refractivity contribution is -0.0718. The zero-order valence-electron chi connectivity index (χ0n) is 10.2. The van der Waals surface area contributed by atoms with E-state index in [0.29, 0.717) is 12.8 Å². The molecule has 1 unspecified atom stereocenters. The summed E-state index contributed by atoms with van der Waals surface area (Å²) >= 11 is 0. The first-order chi connectivity index (χ1) is 8.69. The Morgan fingerprint density at radius 3 is 2.72 bits per heavy atom. The molecule has 0 saturated heterocycles. The molecule has 2 aromatic rings. The highest BCUT2D eigenvalue weighted by Gasteiger charge is 2.39. The zero-order chi connectivity index (χ0) is 12.6. The van der Waals surface area contributed by atoms with Crippen molar-refractivity contribution in [2.24, 2.45) is 0 Å². The van der Waals surface area contributed by atoms with Gasteiger partial charge in [0.15, 0.2) is 0 Å². The van der Waals surface area contributed by atoms with Crippen molar-refractivity contribution >= 4 is 10.9 Å². The van der Waals surface area contributed by atoms with Gasteiger partial charge in [0, 0.05) is 11.6 Å². The van der Waals surface area contributed by atoms with Crippen molar-refractivity contribution in [1.29, 1.82) is 0 Å². The molecule has 0 bridgehead atoms. The molecule has 3 heteroatoms. The number of aliphatic hydroxyl groups is 2. The van der Waals surface area contributed by atoms with Crippen molar-refractivity contribution in [2.45, 2.75) is 37.4 Å². The normalized spacial score (nSPS) is 20.1. The van der Waals surface area contributed by atoms with Gasteiger partial charge in [-0.25, -0.2) is 0 Å². The number of pyridine rings is 1. The fraction of sp³-hybridized carbons (Fsp3) is 0.400. The summed E-state index contributed by atoms with van der Waals surface area (Å²) in [7, 11) is 0. The minimum Gasteiger partial charge on any atom is -0.387 e. The van der Waals surface area contributed by atoms with Gasteiger partial charge in [0.1, 0.15) is 6.10 Å². The third-order valence-corrected chi connectivity index (χ3v) is 3.92. The van der Waals surface area contributed by atoms with Crippen molar-refractivity contribution in [3.63, 3.8) is 0 Å². The summed E-state index contributed by atoms with van der Waals surface area (Å²) in [5.41, 5.74) is 0.738. The zero-order valence-corrected chi connectivity index (χ0v) is 10.2. The van der Waals surface area contributed by atoms with Crippen LogP contribution in [-0.4, -0.2) is 20.8 Å². The standard InChI is InChI=1S/C15H17NO2/c17-14(15(18)7-1-2-8-15)12-5-6-13-11(10-12)4-3-9-16-13/h3-6,9-10,14,17-18H,1-2,7-8H2. The van der Waals surface area contributed by atoms with Gasteiger partial charge in [-0.2, -0.15) is 0 Å². The molecule has 1 heterocycles. The third-order valence-electron chi connectivity index (χ3n) is 3.92. The maximum Gasteiger partial charge on any atom is 0.108 e. The van der Waals surface area contributed by atoms with E-state index in [1.807, 2.05) is 30.3 Å². The predicted octanol–water partition coefficient (Wildman–Crippen LogP) is 2.57. The molecule has 1 saturated carbocycles. The van der Waals surface area contributed by atoms with Gasteiger partial charge in [-0.05, 0) is 36.6 Å². The van der Waals surface area contributed by atoms with E-state index in [1.54, 1.807) is 6.20 Å². The summed E-state index contributed by atoms with van der Waals surface area (Å²) in [6.07, 6.45) is 4.29. The minimum atomic E-state index is -0.949. The van der Waals surface area contributed by atoms with Crippen LogP contribution in [0.3, 0.4) is 0 Å². The van der Waals surface area contributed by atoms with Gasteiger partial charge in [-0.15, -0.1) is 0 Å². The van der Waals surface area contributed by atoms with Gasteiger partial charge in [0.25, 0.3) is 0 Å². The molecule has 0 spiro atoms. The van der Waals surface area contributed by atoms with Crippen LogP contribution >= 0.6 is 0 Å². The second kappa shape index (κ2) is 4.34. The summed E-state index contributed by atoms with van der Waals surface area (Å²) < 4.78 is 0. The van der Waals surface area contributed by atoms with Crippen LogP contribution in [0, 0.1) is 0 Å². The quantitative estimate of drug-likeness (QED) is 0.852. The predicted molar refractivity (Wildman–Crippen MR) is 70.1 cm³/mol. The maximum atomic E-state index is 10.4. The lowest BCUT2D eigenvalue weighted by Gasteiger charge is -2.28. The highest BCUT2D eigenvalue weighted by molar-refractivity contribution is 5.79. The van der Waals surface area contributed by atoms with Gasteiger partial charge in [-0.3, -0.25) is 4.98 Å². The monoisotopic (exact) mass is 243 g/mol. The van der Waals surface area contributed by atoms with E-state index in [1.165, 1.54) is 0 Å². The second-order valence-electron chi connectivity index (χ2n) is 5.17. The number of aliphatic hydroxyl groups excluding tert-OH is 1. The summed E-state index contributed by atoms with van der Waals surface area (Å²) in [4.78, 5) is 4.25. The van der Waals surface area contributed by atoms with Gasteiger partial charge >= 0.3 is 0 Å². The molecular weight excluding hydrogens is 226 g/mol. The molecule has 1 fully saturated rings. The first kappa shape index (κ1) is 11.6. The fourth-order valence-electron chi connectivity index (χ4n) is 2.84. The SMILES string of the molecule is OC(c1ccc2ncccc2c1)C1(O)CCCC1. The number of fused-ring (bicyclic) bond motifs is 1. The lowest BCUT2D eigenvalue weighted by Crippen LogP contribution is -2.32. The average Bonchev–Trinajstić information content (AvgIpc) is 2.85. The van der Waals surface area contributed by atoms with Crippen LogP contribution in [0.2, 0.25) is 0 Å². The molecule has 1 aromatic carbocycles. The summed E-state index contributed by atoms with van der Waals surface area (Å²) in [6.45, 7) is 0. The van der Waals surface area contributed by atoms with E-state index in [9.17, 15) is 10.2 Å². The van der Waals surface area contributed by atoms with Crippen molar-refractivity contribution in [3.05, 3.63) is 42.1 Å². The van der Waals surface area contributed by atoms with E-state index in [-0.39, 0.29) is 0 Å². The minimum absolute atomic E-state index is 0.680. The first-order valence-corrected chi connectivity index (χ1v) is 6.44. The number of nitrogens with zero attached hydrogens (tertiary/aromatic N) is 1. The Morgan fingerprint density at radius 1 is 1.17 bits per heavy atom. The Bertz CT molecular complexity index is 561. The molecule has 0 radical (unpaired) electrons. The lowest BCUT2D eigenvalue weighted by atomic mass is 9.89.